The van der Waals surface area contributed by atoms with Crippen LogP contribution in [0, 0.1) is 0 Å². The van der Waals surface area contributed by atoms with Crippen LogP contribution in [0.3, 0.4) is 0 Å². The van der Waals surface area contributed by atoms with E-state index in [9.17, 15) is 0 Å². The van der Waals surface area contributed by atoms with Crippen LogP contribution >= 0.6 is 0 Å². The van der Waals surface area contributed by atoms with E-state index in [0.717, 1.165) is 0 Å². The number of benzene rings is 2. The minimum atomic E-state index is -1.82. The van der Waals surface area contributed by atoms with Gasteiger partial charge in [0.2, 0.25) is 33.3 Å². The third-order valence-electron chi connectivity index (χ3n) is 7.46. The van der Waals surface area contributed by atoms with Crippen molar-refractivity contribution in [2.75, 3.05) is 0 Å². The second-order valence-corrected chi connectivity index (χ2v) is 27.1. The van der Waals surface area contributed by atoms with E-state index in [1.54, 1.807) is 0 Å². The molecule has 0 unspecified atom stereocenters. The molecule has 0 spiro atoms. The molecule has 0 aromatic heterocycles. The maximum Gasteiger partial charge on any atom is 0.206 e. The Morgan fingerprint density at radius 2 is 0.724 bits per heavy atom. The summed E-state index contributed by atoms with van der Waals surface area (Å²) in [6.45, 7) is 18.8. The third-order valence-corrected chi connectivity index (χ3v) is 23.0. The molecule has 7 heteroatoms. The summed E-state index contributed by atoms with van der Waals surface area (Å²) in [4.78, 5) is 0. The predicted octanol–water partition coefficient (Wildman–Crippen LogP) is 2.92. The highest BCUT2D eigenvalue weighted by atomic mass is 28.4. The van der Waals surface area contributed by atoms with Crippen molar-refractivity contribution >= 4 is 54.0 Å². The number of rotatable bonds is 0. The molecule has 0 N–H and O–H groups in total. The molecule has 0 atom stereocenters. The molecule has 6 rings (SSSR count). The largest absolute Gasteiger partial charge is 0.449 e. The molecule has 4 aliphatic rings. The van der Waals surface area contributed by atoms with E-state index in [4.69, 9.17) is 13.0 Å². The summed E-state index contributed by atoms with van der Waals surface area (Å²) in [5.41, 5.74) is 5.58. The Morgan fingerprint density at radius 1 is 0.483 bits per heavy atom. The van der Waals surface area contributed by atoms with Gasteiger partial charge in [0.15, 0.2) is 0 Å². The zero-order valence-corrected chi connectivity index (χ0v) is 22.7. The topological polar surface area (TPSA) is 27.7 Å². The molecule has 4 aliphatic heterocycles. The second kappa shape index (κ2) is 5.15. The van der Waals surface area contributed by atoms with Gasteiger partial charge in [-0.2, -0.15) is 0 Å². The second-order valence-electron chi connectivity index (χ2n) is 11.2. The fourth-order valence-electron chi connectivity index (χ4n) is 6.43. The van der Waals surface area contributed by atoms with Crippen molar-refractivity contribution in [2.45, 2.75) is 64.6 Å². The quantitative estimate of drug-likeness (QED) is 0.573. The van der Waals surface area contributed by atoms with Gasteiger partial charge in [-0.05, 0) is 95.4 Å². The minimum absolute atomic E-state index is 0.0888. The summed E-state index contributed by atoms with van der Waals surface area (Å²) < 4.78 is 20.0. The van der Waals surface area contributed by atoms with E-state index in [1.807, 2.05) is 0 Å². The van der Waals surface area contributed by atoms with Crippen LogP contribution in [0.15, 0.2) is 24.3 Å². The molecule has 0 radical (unpaired) electrons. The Morgan fingerprint density at radius 3 is 0.966 bits per heavy atom. The molecule has 3 nitrogen and oxygen atoms in total. The van der Waals surface area contributed by atoms with Gasteiger partial charge >= 0.3 is 0 Å². The van der Waals surface area contributed by atoms with Crippen LogP contribution in [-0.2, 0) is 13.0 Å². The van der Waals surface area contributed by atoms with E-state index in [-0.39, 0.29) is 12.2 Å². The Kier molecular flexibility index (Phi) is 3.36. The lowest BCUT2D eigenvalue weighted by Crippen LogP contribution is -2.46. The van der Waals surface area contributed by atoms with Crippen LogP contribution in [0.25, 0.3) is 0 Å². The van der Waals surface area contributed by atoms with Crippen molar-refractivity contribution in [1.29, 1.82) is 0 Å². The lowest BCUT2D eigenvalue weighted by Gasteiger charge is -2.22. The maximum atomic E-state index is 6.70. The number of hydrogen-bond acceptors (Lipinski definition) is 3. The molecule has 4 heterocycles. The van der Waals surface area contributed by atoms with E-state index in [2.05, 4.69) is 76.6 Å². The highest BCUT2D eigenvalue weighted by Crippen LogP contribution is 2.54. The lowest BCUT2D eigenvalue weighted by molar-refractivity contribution is 0.0858. The van der Waals surface area contributed by atoms with Gasteiger partial charge in [-0.3, -0.25) is 0 Å². The minimum Gasteiger partial charge on any atom is -0.449 e. The van der Waals surface area contributed by atoms with Crippen molar-refractivity contribution in [3.05, 3.63) is 46.5 Å². The summed E-state index contributed by atoms with van der Waals surface area (Å²) in [6, 6.07) is 9.88. The normalized spacial score (nSPS) is 30.1. The average Bonchev–Trinajstić information content (AvgIpc) is 3.23. The molecule has 152 valence electrons. The smallest absolute Gasteiger partial charge is 0.206 e. The van der Waals surface area contributed by atoms with Gasteiger partial charge in [0.05, 0.1) is 0 Å². The summed E-state index contributed by atoms with van der Waals surface area (Å²) in [5, 5.41) is 6.05. The molecule has 2 aromatic carbocycles. The standard InChI is InChI=1S/C22H30O3Si4/c1-26(2)17-9-13-14(10-18(17)27(3,4)24-26)22-16-12-20-19(11-15(16)21(13)23-22)28(5,6)25-29(20,7)8/h9-12,21-22H,1-8H3. The predicted molar refractivity (Wildman–Crippen MR) is 128 cm³/mol. The molecule has 0 saturated heterocycles. The molecule has 2 aromatic rings. The fourth-order valence-corrected chi connectivity index (χ4v) is 26.9. The van der Waals surface area contributed by atoms with Crippen LogP contribution in [0.4, 0.5) is 0 Å². The first kappa shape index (κ1) is 18.9. The van der Waals surface area contributed by atoms with Gasteiger partial charge in [0.1, 0.15) is 12.2 Å². The van der Waals surface area contributed by atoms with Gasteiger partial charge in [-0.15, -0.1) is 0 Å². The molecular formula is C22H30O3Si4. The van der Waals surface area contributed by atoms with E-state index in [1.165, 1.54) is 43.0 Å². The molecular weight excluding hydrogens is 425 g/mol. The first-order chi connectivity index (χ1) is 13.3. The van der Waals surface area contributed by atoms with E-state index >= 15 is 0 Å². The first-order valence-electron chi connectivity index (χ1n) is 10.8. The summed E-state index contributed by atoms with van der Waals surface area (Å²) in [7, 11) is -7.27. The van der Waals surface area contributed by atoms with Crippen LogP contribution < -0.4 is 20.7 Å². The molecule has 0 saturated carbocycles. The molecule has 2 bridgehead atoms. The first-order valence-corrected chi connectivity index (χ1v) is 22.4. The summed E-state index contributed by atoms with van der Waals surface area (Å²) >= 11 is 0. The average molecular weight is 455 g/mol. The van der Waals surface area contributed by atoms with E-state index < -0.39 is 33.3 Å². The zero-order valence-electron chi connectivity index (χ0n) is 18.7. The van der Waals surface area contributed by atoms with Crippen LogP contribution in [0.2, 0.25) is 52.4 Å². The number of ether oxygens (including phenoxy) is 1. The SMILES string of the molecule is C[Si]1(C)O[Si](C)(C)c2cc3c(cc21)C1OC3c2cc3c(cc21)[Si](C)(C)O[Si]3(C)C. The molecule has 29 heavy (non-hydrogen) atoms. The van der Waals surface area contributed by atoms with Crippen molar-refractivity contribution in [3.63, 3.8) is 0 Å². The number of hydrogen-bond donors (Lipinski definition) is 0. The number of fused-ring (bicyclic) bond motifs is 10. The van der Waals surface area contributed by atoms with Crippen LogP contribution in [0.1, 0.15) is 34.5 Å². The van der Waals surface area contributed by atoms with Gasteiger partial charge < -0.3 is 13.0 Å². The maximum absolute atomic E-state index is 6.70. The van der Waals surface area contributed by atoms with Gasteiger partial charge in [0.25, 0.3) is 0 Å². The fraction of sp³-hybridized carbons (Fsp3) is 0.455. The van der Waals surface area contributed by atoms with Crippen LogP contribution in [0.5, 0.6) is 0 Å². The van der Waals surface area contributed by atoms with Crippen molar-refractivity contribution in [2.24, 2.45) is 0 Å². The Hall–Kier alpha value is -0.812. The molecule has 0 aliphatic carbocycles. The zero-order chi connectivity index (χ0) is 20.7. The Labute approximate surface area is 177 Å². The van der Waals surface area contributed by atoms with Crippen molar-refractivity contribution in [1.82, 2.24) is 0 Å². The lowest BCUT2D eigenvalue weighted by atomic mass is 9.86. The highest BCUT2D eigenvalue weighted by molar-refractivity contribution is 7.06. The monoisotopic (exact) mass is 454 g/mol. The Balaban J connectivity index is 1.55. The molecule has 0 amide bonds. The highest BCUT2D eigenvalue weighted by Gasteiger charge is 2.53. The van der Waals surface area contributed by atoms with Gasteiger partial charge in [0, 0.05) is 0 Å². The van der Waals surface area contributed by atoms with E-state index in [0.29, 0.717) is 0 Å². The van der Waals surface area contributed by atoms with Gasteiger partial charge in [-0.1, -0.05) is 24.3 Å². The Bertz CT molecular complexity index is 950. The van der Waals surface area contributed by atoms with Gasteiger partial charge in [-0.25, -0.2) is 0 Å². The summed E-state index contributed by atoms with van der Waals surface area (Å²) in [5.74, 6) is 0. The van der Waals surface area contributed by atoms with Crippen molar-refractivity contribution in [3.8, 4) is 0 Å². The molecule has 0 fully saturated rings. The summed E-state index contributed by atoms with van der Waals surface area (Å²) in [6.07, 6.45) is 0.178. The van der Waals surface area contributed by atoms with Crippen molar-refractivity contribution < 1.29 is 13.0 Å². The van der Waals surface area contributed by atoms with Crippen LogP contribution in [-0.4, -0.2) is 33.3 Å². The third kappa shape index (κ3) is 2.27.